The fraction of sp³-hybridized carbons (Fsp3) is 0.227. The first-order chi connectivity index (χ1) is 14.2. The van der Waals surface area contributed by atoms with Gasteiger partial charge in [-0.05, 0) is 49.2 Å². The molecule has 1 fully saturated rings. The molecule has 1 spiro atoms. The summed E-state index contributed by atoms with van der Waals surface area (Å²) in [6.45, 7) is 2.76. The molecule has 0 amide bonds. The Bertz CT molecular complexity index is 1020. The molecule has 0 bridgehead atoms. The molecule has 3 aromatic rings. The number of pyridine rings is 2. The molecule has 5 rings (SSSR count). The second kappa shape index (κ2) is 7.43. The molecule has 1 aromatic carbocycles. The first-order valence-corrected chi connectivity index (χ1v) is 9.30. The molecule has 148 valence electrons. The monoisotopic (exact) mass is 390 g/mol. The van der Waals surface area contributed by atoms with Crippen LogP contribution in [0.2, 0.25) is 0 Å². The van der Waals surface area contributed by atoms with E-state index >= 15 is 0 Å². The van der Waals surface area contributed by atoms with Crippen molar-refractivity contribution in [3.05, 3.63) is 60.4 Å². The van der Waals surface area contributed by atoms with Crippen LogP contribution >= 0.6 is 0 Å². The highest BCUT2D eigenvalue weighted by molar-refractivity contribution is 5.68. The van der Waals surface area contributed by atoms with Gasteiger partial charge in [0.2, 0.25) is 0 Å². The van der Waals surface area contributed by atoms with Gasteiger partial charge in [-0.15, -0.1) is 0 Å². The van der Waals surface area contributed by atoms with Gasteiger partial charge in [-0.3, -0.25) is 0 Å². The van der Waals surface area contributed by atoms with Gasteiger partial charge >= 0.3 is 0 Å². The SMILES string of the molecule is C=O.CN(c1ccc(Oc2cccc3c2C2(CC2)CO3)cn1)c1ncccc1N. The van der Waals surface area contributed by atoms with Gasteiger partial charge in [0.15, 0.2) is 5.82 Å². The molecule has 0 radical (unpaired) electrons. The molecule has 2 aromatic heterocycles. The van der Waals surface area contributed by atoms with Crippen molar-refractivity contribution in [3.8, 4) is 17.2 Å². The van der Waals surface area contributed by atoms with Crippen molar-refractivity contribution in [2.45, 2.75) is 18.3 Å². The lowest BCUT2D eigenvalue weighted by Gasteiger charge is -2.19. The quantitative estimate of drug-likeness (QED) is 0.723. The van der Waals surface area contributed by atoms with Crippen molar-refractivity contribution in [3.63, 3.8) is 0 Å². The Kier molecular flexibility index (Phi) is 4.80. The topological polar surface area (TPSA) is 90.6 Å². The minimum Gasteiger partial charge on any atom is -0.492 e. The number of carbonyl (C=O) groups is 1. The Morgan fingerprint density at radius 2 is 1.97 bits per heavy atom. The summed E-state index contributed by atoms with van der Waals surface area (Å²) in [6.07, 6.45) is 5.76. The van der Waals surface area contributed by atoms with Gasteiger partial charge in [0, 0.05) is 24.2 Å². The van der Waals surface area contributed by atoms with Crippen molar-refractivity contribution in [2.24, 2.45) is 0 Å². The summed E-state index contributed by atoms with van der Waals surface area (Å²) in [7, 11) is 1.89. The predicted octanol–water partition coefficient (Wildman–Crippen LogP) is 3.86. The Balaban J connectivity index is 0.000000994. The number of ether oxygens (including phenoxy) is 2. The molecular weight excluding hydrogens is 368 g/mol. The molecule has 0 atom stereocenters. The van der Waals surface area contributed by atoms with Crippen molar-refractivity contribution < 1.29 is 14.3 Å². The standard InChI is InChI=1S/C21H20N4O2.CH2O/c1-25(20-15(22)4-3-11-23-20)18-8-7-14(12-24-18)27-17-6-2-5-16-19(17)21(9-10-21)13-26-16;1-2/h2-8,11-12H,9-10,13,22H2,1H3;1H2. The Labute approximate surface area is 169 Å². The van der Waals surface area contributed by atoms with Crippen LogP contribution in [0.4, 0.5) is 17.3 Å². The third-order valence-corrected chi connectivity index (χ3v) is 5.30. The van der Waals surface area contributed by atoms with Crippen LogP contribution in [-0.4, -0.2) is 30.4 Å². The fourth-order valence-corrected chi connectivity index (χ4v) is 3.63. The molecule has 0 saturated heterocycles. The summed E-state index contributed by atoms with van der Waals surface area (Å²) in [5.41, 5.74) is 7.98. The van der Waals surface area contributed by atoms with Gasteiger partial charge in [-0.1, -0.05) is 6.07 Å². The molecule has 0 unspecified atom stereocenters. The van der Waals surface area contributed by atoms with Crippen molar-refractivity contribution in [1.29, 1.82) is 0 Å². The van der Waals surface area contributed by atoms with E-state index in [2.05, 4.69) is 9.97 Å². The van der Waals surface area contributed by atoms with E-state index in [0.717, 1.165) is 36.8 Å². The van der Waals surface area contributed by atoms with Gasteiger partial charge in [-0.2, -0.15) is 0 Å². The number of aromatic nitrogens is 2. The van der Waals surface area contributed by atoms with Gasteiger partial charge in [0.25, 0.3) is 0 Å². The lowest BCUT2D eigenvalue weighted by Crippen LogP contribution is -2.14. The van der Waals surface area contributed by atoms with E-state index in [0.29, 0.717) is 17.3 Å². The first kappa shape index (κ1) is 18.7. The number of benzene rings is 1. The number of nitrogen functional groups attached to an aromatic ring is 1. The molecule has 7 nitrogen and oxygen atoms in total. The fourth-order valence-electron chi connectivity index (χ4n) is 3.63. The number of nitrogens with zero attached hydrogens (tertiary/aromatic N) is 3. The van der Waals surface area contributed by atoms with E-state index in [-0.39, 0.29) is 5.41 Å². The zero-order chi connectivity index (χ0) is 20.4. The number of nitrogens with two attached hydrogens (primary N) is 1. The molecule has 29 heavy (non-hydrogen) atoms. The zero-order valence-electron chi connectivity index (χ0n) is 16.2. The summed E-state index contributed by atoms with van der Waals surface area (Å²) in [6, 6.07) is 13.4. The third-order valence-electron chi connectivity index (χ3n) is 5.30. The Morgan fingerprint density at radius 1 is 1.14 bits per heavy atom. The maximum Gasteiger partial charge on any atom is 0.157 e. The number of anilines is 3. The highest BCUT2D eigenvalue weighted by atomic mass is 16.5. The molecule has 2 aliphatic rings. The van der Waals surface area contributed by atoms with E-state index < -0.39 is 0 Å². The van der Waals surface area contributed by atoms with Crippen LogP contribution in [0.25, 0.3) is 0 Å². The molecule has 1 saturated carbocycles. The molecule has 2 N–H and O–H groups in total. The zero-order valence-corrected chi connectivity index (χ0v) is 16.2. The molecule has 7 heteroatoms. The number of hydrogen-bond acceptors (Lipinski definition) is 7. The second-order valence-corrected chi connectivity index (χ2v) is 7.13. The number of carbonyl (C=O) groups excluding carboxylic acids is 1. The maximum absolute atomic E-state index is 8.00. The highest BCUT2D eigenvalue weighted by Gasteiger charge is 2.52. The smallest absolute Gasteiger partial charge is 0.157 e. The number of fused-ring (bicyclic) bond motifs is 2. The summed E-state index contributed by atoms with van der Waals surface area (Å²) >= 11 is 0. The van der Waals surface area contributed by atoms with Gasteiger partial charge in [-0.25, -0.2) is 9.97 Å². The van der Waals surface area contributed by atoms with Crippen LogP contribution in [-0.2, 0) is 10.2 Å². The van der Waals surface area contributed by atoms with Crippen LogP contribution < -0.4 is 20.1 Å². The average Bonchev–Trinajstić information content (AvgIpc) is 3.45. The van der Waals surface area contributed by atoms with E-state index in [1.807, 2.05) is 61.2 Å². The average molecular weight is 390 g/mol. The van der Waals surface area contributed by atoms with E-state index in [1.165, 1.54) is 5.56 Å². The van der Waals surface area contributed by atoms with E-state index in [4.69, 9.17) is 20.0 Å². The largest absolute Gasteiger partial charge is 0.492 e. The minimum atomic E-state index is 0.163. The van der Waals surface area contributed by atoms with Crippen molar-refractivity contribution in [1.82, 2.24) is 9.97 Å². The van der Waals surface area contributed by atoms with Gasteiger partial charge in [0.1, 0.15) is 29.9 Å². The van der Waals surface area contributed by atoms with Crippen LogP contribution in [0.15, 0.2) is 54.9 Å². The van der Waals surface area contributed by atoms with E-state index in [1.54, 1.807) is 12.4 Å². The lowest BCUT2D eigenvalue weighted by atomic mass is 9.97. The van der Waals surface area contributed by atoms with Crippen LogP contribution in [0, 0.1) is 0 Å². The Morgan fingerprint density at radius 3 is 2.66 bits per heavy atom. The van der Waals surface area contributed by atoms with Gasteiger partial charge in [0.05, 0.1) is 18.5 Å². The minimum absolute atomic E-state index is 0.163. The summed E-state index contributed by atoms with van der Waals surface area (Å²) < 4.78 is 12.0. The van der Waals surface area contributed by atoms with Crippen LogP contribution in [0.3, 0.4) is 0 Å². The van der Waals surface area contributed by atoms with Crippen molar-refractivity contribution in [2.75, 3.05) is 24.3 Å². The van der Waals surface area contributed by atoms with Crippen molar-refractivity contribution >= 4 is 24.1 Å². The molecule has 3 heterocycles. The highest BCUT2D eigenvalue weighted by Crippen LogP contribution is 2.58. The lowest BCUT2D eigenvalue weighted by molar-refractivity contribution is -0.0979. The van der Waals surface area contributed by atoms with Crippen LogP contribution in [0.5, 0.6) is 17.2 Å². The maximum atomic E-state index is 8.00. The second-order valence-electron chi connectivity index (χ2n) is 7.13. The van der Waals surface area contributed by atoms with Crippen LogP contribution in [0.1, 0.15) is 18.4 Å². The summed E-state index contributed by atoms with van der Waals surface area (Å²) in [5, 5.41) is 0. The first-order valence-electron chi connectivity index (χ1n) is 9.30. The summed E-state index contributed by atoms with van der Waals surface area (Å²) in [5.74, 6) is 3.91. The van der Waals surface area contributed by atoms with E-state index in [9.17, 15) is 0 Å². The molecular formula is C22H22N4O3. The molecule has 1 aliphatic heterocycles. The van der Waals surface area contributed by atoms with Gasteiger partial charge < -0.3 is 24.9 Å². The Hall–Kier alpha value is -3.61. The number of hydrogen-bond donors (Lipinski definition) is 1. The predicted molar refractivity (Wildman–Crippen MR) is 111 cm³/mol. The molecule has 1 aliphatic carbocycles. The number of rotatable bonds is 4. The third kappa shape index (κ3) is 3.35. The summed E-state index contributed by atoms with van der Waals surface area (Å²) in [4.78, 5) is 18.7. The normalized spacial score (nSPS) is 14.9.